The molecule has 0 aromatic rings. The van der Waals surface area contributed by atoms with Crippen molar-refractivity contribution in [2.45, 2.75) is 31.7 Å². The lowest BCUT2D eigenvalue weighted by molar-refractivity contribution is 0.422. The van der Waals surface area contributed by atoms with Gasteiger partial charge >= 0.3 is 0 Å². The van der Waals surface area contributed by atoms with Gasteiger partial charge in [-0.25, -0.2) is 0 Å². The summed E-state index contributed by atoms with van der Waals surface area (Å²) in [7, 11) is 0. The maximum atomic E-state index is 5.75. The monoisotopic (exact) mass is 111 g/mol. The molecule has 1 nitrogen and oxygen atoms in total. The van der Waals surface area contributed by atoms with Crippen molar-refractivity contribution in [1.29, 1.82) is 0 Å². The Kier molecular flexibility index (Phi) is 0.884. The minimum Gasteiger partial charge on any atom is -0.328 e. The zero-order valence-corrected chi connectivity index (χ0v) is 5.14. The van der Waals surface area contributed by atoms with Gasteiger partial charge in [0.25, 0.3) is 0 Å². The van der Waals surface area contributed by atoms with Crippen LogP contribution in [-0.4, -0.2) is 6.04 Å². The number of fused-ring (bicyclic) bond motifs is 1. The van der Waals surface area contributed by atoms with Gasteiger partial charge in [-0.3, -0.25) is 0 Å². The van der Waals surface area contributed by atoms with E-state index in [2.05, 4.69) is 0 Å². The molecule has 0 radical (unpaired) electrons. The number of rotatable bonds is 0. The Hall–Kier alpha value is -0.0400. The summed E-state index contributed by atoms with van der Waals surface area (Å²) in [6, 6.07) is 0.554. The number of hydrogen-bond acceptors (Lipinski definition) is 1. The zero-order chi connectivity index (χ0) is 5.56. The second-order valence-electron chi connectivity index (χ2n) is 3.33. The Balaban J connectivity index is 1.93. The Morgan fingerprint density at radius 1 is 1.00 bits per heavy atom. The summed E-state index contributed by atoms with van der Waals surface area (Å²) in [6.45, 7) is 0. The average Bonchev–Trinajstić information content (AvgIpc) is 2.43. The van der Waals surface area contributed by atoms with Crippen molar-refractivity contribution in [3.8, 4) is 0 Å². The molecule has 0 heterocycles. The van der Waals surface area contributed by atoms with E-state index < -0.39 is 0 Å². The quantitative estimate of drug-likeness (QED) is 0.498. The predicted molar refractivity (Wildman–Crippen MR) is 33.4 cm³/mol. The van der Waals surface area contributed by atoms with Crippen LogP contribution in [-0.2, 0) is 0 Å². The molecule has 1 heteroatoms. The molecule has 2 N–H and O–H groups in total. The molecule has 2 saturated carbocycles. The summed E-state index contributed by atoms with van der Waals surface area (Å²) in [6.07, 6.45) is 5.53. The highest BCUT2D eigenvalue weighted by atomic mass is 14.7. The van der Waals surface area contributed by atoms with Crippen LogP contribution in [0, 0.1) is 11.8 Å². The van der Waals surface area contributed by atoms with Gasteiger partial charge in [0.05, 0.1) is 0 Å². The summed E-state index contributed by atoms with van der Waals surface area (Å²) in [5.74, 6) is 2.16. The highest BCUT2D eigenvalue weighted by Crippen LogP contribution is 2.48. The van der Waals surface area contributed by atoms with Crippen LogP contribution in [0.3, 0.4) is 0 Å². The fourth-order valence-corrected chi connectivity index (χ4v) is 1.89. The Labute approximate surface area is 50.3 Å². The molecular weight excluding hydrogens is 98.1 g/mol. The first kappa shape index (κ1) is 4.80. The number of nitrogens with two attached hydrogens (primary N) is 1. The average molecular weight is 111 g/mol. The zero-order valence-electron chi connectivity index (χ0n) is 5.14. The molecule has 2 aliphatic carbocycles. The van der Waals surface area contributed by atoms with E-state index in [1.165, 1.54) is 25.7 Å². The maximum Gasteiger partial charge on any atom is 0.00416 e. The molecule has 0 aromatic carbocycles. The molecule has 0 amide bonds. The van der Waals surface area contributed by atoms with E-state index in [9.17, 15) is 0 Å². The smallest absolute Gasteiger partial charge is 0.00416 e. The van der Waals surface area contributed by atoms with E-state index in [1.54, 1.807) is 0 Å². The molecule has 0 bridgehead atoms. The molecule has 2 aliphatic rings. The van der Waals surface area contributed by atoms with Crippen molar-refractivity contribution < 1.29 is 0 Å². The number of hydrogen-bond donors (Lipinski definition) is 1. The second kappa shape index (κ2) is 1.47. The summed E-state index contributed by atoms with van der Waals surface area (Å²) in [5, 5.41) is 0. The Bertz CT molecular complexity index is 101. The molecular formula is C7H13N. The van der Waals surface area contributed by atoms with E-state index in [1.807, 2.05) is 0 Å². The summed E-state index contributed by atoms with van der Waals surface area (Å²) in [4.78, 5) is 0. The lowest BCUT2D eigenvalue weighted by Gasteiger charge is -2.15. The predicted octanol–water partition coefficient (Wildman–Crippen LogP) is 1.13. The van der Waals surface area contributed by atoms with Crippen LogP contribution in [0.1, 0.15) is 25.7 Å². The Morgan fingerprint density at radius 3 is 2.50 bits per heavy atom. The van der Waals surface area contributed by atoms with E-state index in [-0.39, 0.29) is 0 Å². The minimum absolute atomic E-state index is 0.554. The molecule has 0 aromatic heterocycles. The topological polar surface area (TPSA) is 26.0 Å². The van der Waals surface area contributed by atoms with Gasteiger partial charge in [-0.05, 0) is 37.5 Å². The van der Waals surface area contributed by atoms with E-state index in [0.717, 1.165) is 11.8 Å². The summed E-state index contributed by atoms with van der Waals surface area (Å²) in [5.41, 5.74) is 5.75. The van der Waals surface area contributed by atoms with Crippen LogP contribution in [0.5, 0.6) is 0 Å². The van der Waals surface area contributed by atoms with Crippen LogP contribution < -0.4 is 5.73 Å². The fourth-order valence-electron chi connectivity index (χ4n) is 1.89. The van der Waals surface area contributed by atoms with Crippen molar-refractivity contribution in [2.24, 2.45) is 17.6 Å². The second-order valence-corrected chi connectivity index (χ2v) is 3.33. The molecule has 0 saturated heterocycles. The van der Waals surface area contributed by atoms with E-state index in [0.29, 0.717) is 6.04 Å². The van der Waals surface area contributed by atoms with Gasteiger partial charge < -0.3 is 5.73 Å². The largest absolute Gasteiger partial charge is 0.328 e. The summed E-state index contributed by atoms with van der Waals surface area (Å²) < 4.78 is 0. The third kappa shape index (κ3) is 0.655. The van der Waals surface area contributed by atoms with Gasteiger partial charge in [0.1, 0.15) is 0 Å². The molecule has 2 rings (SSSR count). The summed E-state index contributed by atoms with van der Waals surface area (Å²) >= 11 is 0. The highest BCUT2D eigenvalue weighted by molar-refractivity contribution is 4.93. The molecule has 46 valence electrons. The molecule has 0 spiro atoms. The van der Waals surface area contributed by atoms with E-state index >= 15 is 0 Å². The van der Waals surface area contributed by atoms with Crippen molar-refractivity contribution in [3.63, 3.8) is 0 Å². The van der Waals surface area contributed by atoms with Crippen LogP contribution in [0.2, 0.25) is 0 Å². The minimum atomic E-state index is 0.554. The third-order valence-electron chi connectivity index (χ3n) is 2.58. The van der Waals surface area contributed by atoms with Gasteiger partial charge in [0.15, 0.2) is 0 Å². The van der Waals surface area contributed by atoms with Crippen molar-refractivity contribution in [3.05, 3.63) is 0 Å². The van der Waals surface area contributed by atoms with Crippen LogP contribution in [0.4, 0.5) is 0 Å². The SMILES string of the molecule is N[C@@H]1CC[C@H]2C[C@H]2C1. The first-order valence-corrected chi connectivity index (χ1v) is 3.62. The molecule has 0 unspecified atom stereocenters. The first-order valence-electron chi connectivity index (χ1n) is 3.62. The highest BCUT2D eigenvalue weighted by Gasteiger charge is 2.40. The lowest BCUT2D eigenvalue weighted by atomic mass is 9.97. The van der Waals surface area contributed by atoms with Gasteiger partial charge in [-0.1, -0.05) is 0 Å². The van der Waals surface area contributed by atoms with Gasteiger partial charge in [0, 0.05) is 6.04 Å². The maximum absolute atomic E-state index is 5.75. The van der Waals surface area contributed by atoms with Crippen molar-refractivity contribution >= 4 is 0 Å². The normalized spacial score (nSPS) is 52.9. The fraction of sp³-hybridized carbons (Fsp3) is 1.00. The standard InChI is InChI=1S/C7H13N/c8-7-2-1-5-3-6(5)4-7/h5-7H,1-4,8H2/t5-,6-,7+/m0/s1. The molecule has 3 atom stereocenters. The Morgan fingerprint density at radius 2 is 1.88 bits per heavy atom. The molecule has 0 aliphatic heterocycles. The van der Waals surface area contributed by atoms with Gasteiger partial charge in [-0.2, -0.15) is 0 Å². The van der Waals surface area contributed by atoms with E-state index in [4.69, 9.17) is 5.73 Å². The van der Waals surface area contributed by atoms with Crippen LogP contribution in [0.25, 0.3) is 0 Å². The molecule has 2 fully saturated rings. The van der Waals surface area contributed by atoms with Crippen LogP contribution in [0.15, 0.2) is 0 Å². The lowest BCUT2D eigenvalue weighted by Crippen LogP contribution is -2.23. The van der Waals surface area contributed by atoms with Gasteiger partial charge in [-0.15, -0.1) is 0 Å². The van der Waals surface area contributed by atoms with Crippen molar-refractivity contribution in [2.75, 3.05) is 0 Å². The third-order valence-corrected chi connectivity index (χ3v) is 2.58. The molecule has 8 heavy (non-hydrogen) atoms. The van der Waals surface area contributed by atoms with Crippen molar-refractivity contribution in [1.82, 2.24) is 0 Å². The first-order chi connectivity index (χ1) is 3.86. The van der Waals surface area contributed by atoms with Gasteiger partial charge in [0.2, 0.25) is 0 Å². The van der Waals surface area contributed by atoms with Crippen LogP contribution >= 0.6 is 0 Å².